The molecule has 1 amide bonds. The standard InChI is InChI=1S/C21H22N4O2/c1-24-14-22-18-12-16(7-8-20(18)24)23-21(26)11-15-13-25(9-10-27-2)19-6-4-3-5-17(15)19/h3-8,12-14H,9-11H2,1-2H3,(H,23,26). The summed E-state index contributed by atoms with van der Waals surface area (Å²) in [5, 5.41) is 4.09. The van der Waals surface area contributed by atoms with Crippen LogP contribution in [0.2, 0.25) is 0 Å². The quantitative estimate of drug-likeness (QED) is 0.572. The van der Waals surface area contributed by atoms with Gasteiger partial charge in [0, 0.05) is 43.5 Å². The average molecular weight is 362 g/mol. The van der Waals surface area contributed by atoms with E-state index in [-0.39, 0.29) is 5.91 Å². The van der Waals surface area contributed by atoms with Crippen molar-refractivity contribution in [2.24, 2.45) is 7.05 Å². The zero-order chi connectivity index (χ0) is 18.8. The lowest BCUT2D eigenvalue weighted by atomic mass is 10.1. The second kappa shape index (κ2) is 7.25. The minimum absolute atomic E-state index is 0.0417. The molecule has 0 aliphatic carbocycles. The summed E-state index contributed by atoms with van der Waals surface area (Å²) in [7, 11) is 3.64. The van der Waals surface area contributed by atoms with Crippen molar-refractivity contribution in [1.29, 1.82) is 0 Å². The second-order valence-corrected chi connectivity index (χ2v) is 6.64. The van der Waals surface area contributed by atoms with Crippen LogP contribution < -0.4 is 5.32 Å². The number of aryl methyl sites for hydroxylation is 1. The molecule has 0 unspecified atom stereocenters. The van der Waals surface area contributed by atoms with E-state index >= 15 is 0 Å². The first-order chi connectivity index (χ1) is 13.2. The predicted molar refractivity (Wildman–Crippen MR) is 107 cm³/mol. The summed E-state index contributed by atoms with van der Waals surface area (Å²) in [6.07, 6.45) is 4.14. The minimum atomic E-state index is -0.0417. The normalized spacial score (nSPS) is 11.3. The number of carbonyl (C=O) groups excluding carboxylic acids is 1. The van der Waals surface area contributed by atoms with E-state index in [9.17, 15) is 4.79 Å². The summed E-state index contributed by atoms with van der Waals surface area (Å²) >= 11 is 0. The lowest BCUT2D eigenvalue weighted by Gasteiger charge is -2.05. The highest BCUT2D eigenvalue weighted by molar-refractivity contribution is 5.97. The van der Waals surface area contributed by atoms with E-state index in [4.69, 9.17) is 4.74 Å². The Bertz CT molecular complexity index is 1110. The zero-order valence-corrected chi connectivity index (χ0v) is 15.5. The first-order valence-corrected chi connectivity index (χ1v) is 8.92. The fourth-order valence-electron chi connectivity index (χ4n) is 3.43. The number of ether oxygens (including phenoxy) is 1. The Hall–Kier alpha value is -3.12. The maximum atomic E-state index is 12.6. The molecule has 138 valence electrons. The molecule has 6 nitrogen and oxygen atoms in total. The molecular weight excluding hydrogens is 340 g/mol. The molecular formula is C21H22N4O2. The average Bonchev–Trinajstić information content (AvgIpc) is 3.21. The number of amides is 1. The molecule has 4 aromatic rings. The van der Waals surface area contributed by atoms with E-state index in [1.54, 1.807) is 13.4 Å². The number of benzene rings is 2. The molecule has 0 spiro atoms. The Morgan fingerprint density at radius 3 is 2.89 bits per heavy atom. The van der Waals surface area contributed by atoms with Gasteiger partial charge in [-0.25, -0.2) is 4.98 Å². The Kier molecular flexibility index (Phi) is 4.64. The van der Waals surface area contributed by atoms with Crippen molar-refractivity contribution in [3.05, 3.63) is 60.6 Å². The van der Waals surface area contributed by atoms with Crippen molar-refractivity contribution in [3.8, 4) is 0 Å². The Balaban J connectivity index is 1.55. The lowest BCUT2D eigenvalue weighted by Crippen LogP contribution is -2.14. The summed E-state index contributed by atoms with van der Waals surface area (Å²) < 4.78 is 9.29. The second-order valence-electron chi connectivity index (χ2n) is 6.64. The summed E-state index contributed by atoms with van der Waals surface area (Å²) in [4.78, 5) is 17.0. The van der Waals surface area contributed by atoms with Gasteiger partial charge in [0.25, 0.3) is 0 Å². The van der Waals surface area contributed by atoms with Gasteiger partial charge in [0.1, 0.15) is 0 Å². The van der Waals surface area contributed by atoms with Gasteiger partial charge in [-0.2, -0.15) is 0 Å². The van der Waals surface area contributed by atoms with Crippen LogP contribution in [0, 0.1) is 0 Å². The topological polar surface area (TPSA) is 61.1 Å². The van der Waals surface area contributed by atoms with Gasteiger partial charge in [0.15, 0.2) is 0 Å². The lowest BCUT2D eigenvalue weighted by molar-refractivity contribution is -0.115. The van der Waals surface area contributed by atoms with Crippen LogP contribution in [0.3, 0.4) is 0 Å². The molecule has 0 saturated carbocycles. The summed E-state index contributed by atoms with van der Waals surface area (Å²) in [6.45, 7) is 1.39. The van der Waals surface area contributed by atoms with Crippen molar-refractivity contribution in [2.75, 3.05) is 19.0 Å². The smallest absolute Gasteiger partial charge is 0.228 e. The molecule has 4 rings (SSSR count). The SMILES string of the molecule is COCCn1cc(CC(=O)Nc2ccc3c(c2)ncn3C)c2ccccc21. The first-order valence-electron chi connectivity index (χ1n) is 8.92. The number of aromatic nitrogens is 3. The molecule has 2 heterocycles. The molecule has 2 aromatic carbocycles. The predicted octanol–water partition coefficient (Wildman–Crippen LogP) is 3.36. The molecule has 0 radical (unpaired) electrons. The van der Waals surface area contributed by atoms with Crippen LogP contribution in [0.1, 0.15) is 5.56 Å². The van der Waals surface area contributed by atoms with Crippen molar-refractivity contribution in [3.63, 3.8) is 0 Å². The Morgan fingerprint density at radius 1 is 1.19 bits per heavy atom. The van der Waals surface area contributed by atoms with Gasteiger partial charge in [0.05, 0.1) is 30.4 Å². The molecule has 0 aliphatic heterocycles. The molecule has 0 bridgehead atoms. The summed E-state index contributed by atoms with van der Waals surface area (Å²) in [5.74, 6) is -0.0417. The van der Waals surface area contributed by atoms with E-state index in [1.807, 2.05) is 48.1 Å². The number of rotatable bonds is 6. The van der Waals surface area contributed by atoms with Crippen LogP contribution in [0.15, 0.2) is 55.0 Å². The Morgan fingerprint density at radius 2 is 2.04 bits per heavy atom. The third-order valence-electron chi connectivity index (χ3n) is 4.77. The Labute approximate surface area is 157 Å². The zero-order valence-electron chi connectivity index (χ0n) is 15.5. The number of anilines is 1. The molecule has 27 heavy (non-hydrogen) atoms. The number of fused-ring (bicyclic) bond motifs is 2. The molecule has 0 saturated heterocycles. The first kappa shape index (κ1) is 17.3. The molecule has 0 fully saturated rings. The van der Waals surface area contributed by atoms with Gasteiger partial charge in [-0.3, -0.25) is 4.79 Å². The van der Waals surface area contributed by atoms with Crippen LogP contribution >= 0.6 is 0 Å². The van der Waals surface area contributed by atoms with Crippen molar-refractivity contribution in [2.45, 2.75) is 13.0 Å². The van der Waals surface area contributed by atoms with Gasteiger partial charge in [-0.15, -0.1) is 0 Å². The highest BCUT2D eigenvalue weighted by Crippen LogP contribution is 2.23. The fourth-order valence-corrected chi connectivity index (χ4v) is 3.43. The number of nitrogens with zero attached hydrogens (tertiary/aromatic N) is 3. The van der Waals surface area contributed by atoms with Crippen molar-refractivity contribution in [1.82, 2.24) is 14.1 Å². The van der Waals surface area contributed by atoms with Crippen LogP contribution in [0.25, 0.3) is 21.9 Å². The monoisotopic (exact) mass is 362 g/mol. The van der Waals surface area contributed by atoms with Gasteiger partial charge >= 0.3 is 0 Å². The van der Waals surface area contributed by atoms with E-state index in [0.29, 0.717) is 13.0 Å². The number of nitrogens with one attached hydrogen (secondary N) is 1. The van der Waals surface area contributed by atoms with Gasteiger partial charge in [-0.05, 0) is 29.8 Å². The maximum Gasteiger partial charge on any atom is 0.228 e. The number of carbonyl (C=O) groups is 1. The highest BCUT2D eigenvalue weighted by atomic mass is 16.5. The maximum absolute atomic E-state index is 12.6. The van der Waals surface area contributed by atoms with Gasteiger partial charge in [-0.1, -0.05) is 18.2 Å². The highest BCUT2D eigenvalue weighted by Gasteiger charge is 2.12. The molecule has 6 heteroatoms. The number of imidazole rings is 1. The van der Waals surface area contributed by atoms with Crippen LogP contribution in [0.4, 0.5) is 5.69 Å². The molecule has 0 aliphatic rings. The van der Waals surface area contributed by atoms with Crippen molar-refractivity contribution >= 4 is 33.5 Å². The third kappa shape index (κ3) is 3.44. The van der Waals surface area contributed by atoms with Crippen LogP contribution in [-0.4, -0.2) is 33.7 Å². The summed E-state index contributed by atoms with van der Waals surface area (Å²) in [5.41, 5.74) is 4.79. The van der Waals surface area contributed by atoms with Crippen LogP contribution in [0.5, 0.6) is 0 Å². The van der Waals surface area contributed by atoms with Crippen LogP contribution in [-0.2, 0) is 29.5 Å². The molecule has 0 atom stereocenters. The minimum Gasteiger partial charge on any atom is -0.383 e. The van der Waals surface area contributed by atoms with Gasteiger partial charge < -0.3 is 19.2 Å². The van der Waals surface area contributed by atoms with Gasteiger partial charge in [0.2, 0.25) is 5.91 Å². The number of hydrogen-bond donors (Lipinski definition) is 1. The number of hydrogen-bond acceptors (Lipinski definition) is 3. The van der Waals surface area contributed by atoms with E-state index in [0.717, 1.165) is 39.7 Å². The van der Waals surface area contributed by atoms with E-state index in [2.05, 4.69) is 27.0 Å². The summed E-state index contributed by atoms with van der Waals surface area (Å²) in [6, 6.07) is 13.9. The van der Waals surface area contributed by atoms with E-state index < -0.39 is 0 Å². The number of methoxy groups -OCH3 is 1. The third-order valence-corrected chi connectivity index (χ3v) is 4.77. The fraction of sp³-hybridized carbons (Fsp3) is 0.238. The number of para-hydroxylation sites is 1. The largest absolute Gasteiger partial charge is 0.383 e. The van der Waals surface area contributed by atoms with E-state index in [1.165, 1.54) is 0 Å². The molecule has 1 N–H and O–H groups in total. The van der Waals surface area contributed by atoms with Crippen molar-refractivity contribution < 1.29 is 9.53 Å². The molecule has 2 aromatic heterocycles.